The third-order valence-electron chi connectivity index (χ3n) is 2.47. The lowest BCUT2D eigenvalue weighted by atomic mass is 10.0. The Bertz CT molecular complexity index is 211. The van der Waals surface area contributed by atoms with Crippen molar-refractivity contribution in [3.63, 3.8) is 0 Å². The number of hydrogen-bond donors (Lipinski definition) is 1. The fourth-order valence-corrected chi connectivity index (χ4v) is 1.58. The van der Waals surface area contributed by atoms with Gasteiger partial charge >= 0.3 is 12.4 Å². The minimum absolute atomic E-state index is 0.121. The third-order valence-corrected chi connectivity index (χ3v) is 2.47. The molecular weight excluding hydrogens is 260 g/mol. The summed E-state index contributed by atoms with van der Waals surface area (Å²) in [6.45, 7) is 2.37. The van der Waals surface area contributed by atoms with E-state index in [2.05, 4.69) is 5.32 Å². The average molecular weight is 279 g/mol. The molecular formula is C11H19F6N. The van der Waals surface area contributed by atoms with Gasteiger partial charge in [-0.25, -0.2) is 0 Å². The molecule has 1 unspecified atom stereocenters. The maximum atomic E-state index is 12.0. The van der Waals surface area contributed by atoms with Crippen LogP contribution in [0.1, 0.15) is 45.4 Å². The molecule has 0 aliphatic rings. The van der Waals surface area contributed by atoms with E-state index < -0.39 is 31.2 Å². The van der Waals surface area contributed by atoms with Crippen molar-refractivity contribution >= 4 is 0 Å². The minimum Gasteiger partial charge on any atom is -0.314 e. The van der Waals surface area contributed by atoms with Crippen LogP contribution in [0.2, 0.25) is 0 Å². The standard InChI is InChI=1S/C11H19F6N/c1-2-8-18-9(5-7-11(15,16)17)4-3-6-10(12,13)14/h9,18H,2-8H2,1H3. The molecule has 7 heteroatoms. The number of hydrogen-bond acceptors (Lipinski definition) is 1. The Morgan fingerprint density at radius 2 is 1.44 bits per heavy atom. The quantitative estimate of drug-likeness (QED) is 0.648. The van der Waals surface area contributed by atoms with E-state index in [-0.39, 0.29) is 19.3 Å². The van der Waals surface area contributed by atoms with E-state index in [9.17, 15) is 26.3 Å². The van der Waals surface area contributed by atoms with Crippen molar-refractivity contribution in [2.45, 2.75) is 63.8 Å². The van der Waals surface area contributed by atoms with Crippen molar-refractivity contribution in [1.29, 1.82) is 0 Å². The fraction of sp³-hybridized carbons (Fsp3) is 1.00. The second-order valence-electron chi connectivity index (χ2n) is 4.31. The van der Waals surface area contributed by atoms with Crippen LogP contribution in [0.25, 0.3) is 0 Å². The second kappa shape index (κ2) is 7.86. The van der Waals surface area contributed by atoms with Crippen molar-refractivity contribution < 1.29 is 26.3 Å². The summed E-state index contributed by atoms with van der Waals surface area (Å²) in [6.07, 6.45) is -9.83. The van der Waals surface area contributed by atoms with Crippen LogP contribution in [-0.2, 0) is 0 Å². The third kappa shape index (κ3) is 12.0. The first-order chi connectivity index (χ1) is 8.14. The summed E-state index contributed by atoms with van der Waals surface area (Å²) in [7, 11) is 0. The predicted octanol–water partition coefficient (Wildman–Crippen LogP) is 4.43. The van der Waals surface area contributed by atoms with Crippen LogP contribution in [0.4, 0.5) is 26.3 Å². The highest BCUT2D eigenvalue weighted by Gasteiger charge is 2.29. The molecule has 0 aromatic rings. The zero-order chi connectivity index (χ0) is 14.2. The lowest BCUT2D eigenvalue weighted by Crippen LogP contribution is -2.31. The molecule has 0 saturated carbocycles. The SMILES string of the molecule is CCCNC(CCCC(F)(F)F)CCC(F)(F)F. The molecule has 0 fully saturated rings. The topological polar surface area (TPSA) is 12.0 Å². The number of halogens is 6. The van der Waals surface area contributed by atoms with Crippen molar-refractivity contribution in [2.75, 3.05) is 6.54 Å². The normalized spacial score (nSPS) is 14.8. The molecule has 0 aromatic carbocycles. The van der Waals surface area contributed by atoms with Gasteiger partial charge in [-0.05, 0) is 32.2 Å². The van der Waals surface area contributed by atoms with E-state index in [4.69, 9.17) is 0 Å². The molecule has 0 spiro atoms. The summed E-state index contributed by atoms with van der Waals surface area (Å²) < 4.78 is 71.9. The van der Waals surface area contributed by atoms with E-state index in [1.807, 2.05) is 6.92 Å². The fourth-order valence-electron chi connectivity index (χ4n) is 1.58. The summed E-state index contributed by atoms with van der Waals surface area (Å²) in [4.78, 5) is 0. The molecule has 0 aliphatic carbocycles. The molecule has 1 nitrogen and oxygen atoms in total. The van der Waals surface area contributed by atoms with Crippen LogP contribution in [-0.4, -0.2) is 24.9 Å². The van der Waals surface area contributed by atoms with Gasteiger partial charge in [-0.2, -0.15) is 26.3 Å². The highest BCUT2D eigenvalue weighted by Crippen LogP contribution is 2.26. The maximum Gasteiger partial charge on any atom is 0.389 e. The van der Waals surface area contributed by atoms with E-state index in [1.54, 1.807) is 0 Å². The van der Waals surface area contributed by atoms with Crippen molar-refractivity contribution in [2.24, 2.45) is 0 Å². The predicted molar refractivity (Wildman–Crippen MR) is 57.3 cm³/mol. The minimum atomic E-state index is -4.25. The van der Waals surface area contributed by atoms with Crippen molar-refractivity contribution in [3.8, 4) is 0 Å². The van der Waals surface area contributed by atoms with E-state index in [1.165, 1.54) is 0 Å². The maximum absolute atomic E-state index is 12.0. The zero-order valence-corrected chi connectivity index (χ0v) is 10.3. The highest BCUT2D eigenvalue weighted by molar-refractivity contribution is 4.69. The molecule has 1 atom stereocenters. The Balaban J connectivity index is 3.99. The van der Waals surface area contributed by atoms with Crippen LogP contribution >= 0.6 is 0 Å². The number of nitrogens with one attached hydrogen (secondary N) is 1. The zero-order valence-electron chi connectivity index (χ0n) is 10.3. The largest absolute Gasteiger partial charge is 0.389 e. The summed E-state index contributed by atoms with van der Waals surface area (Å²) in [5.74, 6) is 0. The molecule has 110 valence electrons. The molecule has 0 aliphatic heterocycles. The summed E-state index contributed by atoms with van der Waals surface area (Å²) >= 11 is 0. The van der Waals surface area contributed by atoms with Crippen molar-refractivity contribution in [3.05, 3.63) is 0 Å². The van der Waals surface area contributed by atoms with Crippen LogP contribution < -0.4 is 5.32 Å². The Labute approximate surface area is 103 Å². The van der Waals surface area contributed by atoms with E-state index >= 15 is 0 Å². The Morgan fingerprint density at radius 3 is 1.89 bits per heavy atom. The lowest BCUT2D eigenvalue weighted by molar-refractivity contribution is -0.139. The van der Waals surface area contributed by atoms with Crippen LogP contribution in [0.3, 0.4) is 0 Å². The van der Waals surface area contributed by atoms with Gasteiger partial charge in [0.25, 0.3) is 0 Å². The first kappa shape index (κ1) is 17.5. The molecule has 0 saturated heterocycles. The van der Waals surface area contributed by atoms with Gasteiger partial charge in [0.2, 0.25) is 0 Å². The van der Waals surface area contributed by atoms with Gasteiger partial charge < -0.3 is 5.32 Å². The summed E-state index contributed by atoms with van der Waals surface area (Å²) in [6, 6.07) is -0.492. The Kier molecular flexibility index (Phi) is 7.66. The summed E-state index contributed by atoms with van der Waals surface area (Å²) in [5.41, 5.74) is 0. The van der Waals surface area contributed by atoms with Gasteiger partial charge in [0.15, 0.2) is 0 Å². The smallest absolute Gasteiger partial charge is 0.314 e. The van der Waals surface area contributed by atoms with Gasteiger partial charge in [-0.1, -0.05) is 6.92 Å². The second-order valence-corrected chi connectivity index (χ2v) is 4.31. The molecule has 0 bridgehead atoms. The Morgan fingerprint density at radius 1 is 0.889 bits per heavy atom. The number of rotatable bonds is 8. The molecule has 0 aromatic heterocycles. The molecule has 0 rings (SSSR count). The molecule has 1 N–H and O–H groups in total. The monoisotopic (exact) mass is 279 g/mol. The van der Waals surface area contributed by atoms with Gasteiger partial charge in [0.1, 0.15) is 0 Å². The highest BCUT2D eigenvalue weighted by atomic mass is 19.4. The van der Waals surface area contributed by atoms with Gasteiger partial charge in [-0.3, -0.25) is 0 Å². The lowest BCUT2D eigenvalue weighted by Gasteiger charge is -2.19. The van der Waals surface area contributed by atoms with E-state index in [0.717, 1.165) is 6.42 Å². The van der Waals surface area contributed by atoms with Crippen molar-refractivity contribution in [1.82, 2.24) is 5.32 Å². The number of alkyl halides is 6. The van der Waals surface area contributed by atoms with Gasteiger partial charge in [0, 0.05) is 18.9 Å². The summed E-state index contributed by atoms with van der Waals surface area (Å²) in [5, 5.41) is 2.86. The van der Waals surface area contributed by atoms with Crippen LogP contribution in [0.15, 0.2) is 0 Å². The van der Waals surface area contributed by atoms with Crippen LogP contribution in [0, 0.1) is 0 Å². The molecule has 0 amide bonds. The molecule has 0 heterocycles. The van der Waals surface area contributed by atoms with Gasteiger partial charge in [-0.15, -0.1) is 0 Å². The van der Waals surface area contributed by atoms with E-state index in [0.29, 0.717) is 6.54 Å². The average Bonchev–Trinajstić information content (AvgIpc) is 2.18. The molecule has 0 radical (unpaired) electrons. The first-order valence-corrected chi connectivity index (χ1v) is 6.01. The Hall–Kier alpha value is -0.460. The van der Waals surface area contributed by atoms with Crippen LogP contribution in [0.5, 0.6) is 0 Å². The molecule has 18 heavy (non-hydrogen) atoms. The first-order valence-electron chi connectivity index (χ1n) is 6.01. The van der Waals surface area contributed by atoms with Gasteiger partial charge in [0.05, 0.1) is 0 Å².